The van der Waals surface area contributed by atoms with E-state index in [9.17, 15) is 4.79 Å². The molecule has 0 unspecified atom stereocenters. The topological polar surface area (TPSA) is 38.3 Å². The summed E-state index contributed by atoms with van der Waals surface area (Å²) in [5, 5.41) is 3.69. The summed E-state index contributed by atoms with van der Waals surface area (Å²) in [6.45, 7) is 0. The number of carbonyl (C=O) groups is 1. The Hall–Kier alpha value is -1.71. The van der Waals surface area contributed by atoms with Crippen molar-refractivity contribution in [1.82, 2.24) is 0 Å². The van der Waals surface area contributed by atoms with Crippen molar-refractivity contribution in [3.05, 3.63) is 58.6 Å². The third-order valence-corrected chi connectivity index (χ3v) is 2.58. The van der Waals surface area contributed by atoms with Gasteiger partial charge in [0.1, 0.15) is 5.75 Å². The molecule has 0 aliphatic carbocycles. The highest BCUT2D eigenvalue weighted by atomic mass is 35.5. The van der Waals surface area contributed by atoms with E-state index in [1.54, 1.807) is 48.5 Å². The van der Waals surface area contributed by atoms with Crippen molar-refractivity contribution in [1.29, 1.82) is 0 Å². The molecular formula is C13H9Cl2NO2. The van der Waals surface area contributed by atoms with Crippen LogP contribution in [0.2, 0.25) is 10.0 Å². The third-order valence-electron chi connectivity index (χ3n) is 2.10. The highest BCUT2D eigenvalue weighted by molar-refractivity contribution is 6.31. The SMILES string of the molecule is O=C(Nc1cccc(Cl)c1)Oc1ccc(Cl)cc1. The second kappa shape index (κ2) is 5.76. The van der Waals surface area contributed by atoms with Crippen LogP contribution in [0, 0.1) is 0 Å². The smallest absolute Gasteiger partial charge is 0.410 e. The van der Waals surface area contributed by atoms with Crippen LogP contribution >= 0.6 is 23.2 Å². The average Bonchev–Trinajstić information content (AvgIpc) is 2.32. The fraction of sp³-hybridized carbons (Fsp3) is 0. The van der Waals surface area contributed by atoms with Gasteiger partial charge >= 0.3 is 6.09 Å². The van der Waals surface area contributed by atoms with Crippen molar-refractivity contribution in [2.75, 3.05) is 5.32 Å². The van der Waals surface area contributed by atoms with Crippen molar-refractivity contribution < 1.29 is 9.53 Å². The number of hydrogen-bond donors (Lipinski definition) is 1. The molecule has 0 aliphatic heterocycles. The van der Waals surface area contributed by atoms with Crippen molar-refractivity contribution in [2.45, 2.75) is 0 Å². The first-order valence-corrected chi connectivity index (χ1v) is 5.89. The zero-order valence-electron chi connectivity index (χ0n) is 9.19. The Kier molecular flexibility index (Phi) is 4.07. The Morgan fingerprint density at radius 3 is 2.39 bits per heavy atom. The molecule has 0 aromatic heterocycles. The first kappa shape index (κ1) is 12.7. The summed E-state index contributed by atoms with van der Waals surface area (Å²) in [6, 6.07) is 13.3. The van der Waals surface area contributed by atoms with Crippen LogP contribution in [0.25, 0.3) is 0 Å². The van der Waals surface area contributed by atoms with Crippen LogP contribution < -0.4 is 10.1 Å². The molecule has 0 bridgehead atoms. The first-order chi connectivity index (χ1) is 8.63. The normalized spacial score (nSPS) is 9.89. The maximum atomic E-state index is 11.6. The van der Waals surface area contributed by atoms with Gasteiger partial charge in [0.15, 0.2) is 0 Å². The van der Waals surface area contributed by atoms with Gasteiger partial charge in [0.25, 0.3) is 0 Å². The molecule has 3 nitrogen and oxygen atoms in total. The molecule has 0 atom stereocenters. The number of rotatable bonds is 2. The van der Waals surface area contributed by atoms with Gasteiger partial charge in [-0.15, -0.1) is 0 Å². The van der Waals surface area contributed by atoms with E-state index in [2.05, 4.69) is 5.32 Å². The highest BCUT2D eigenvalue weighted by Gasteiger charge is 2.05. The summed E-state index contributed by atoms with van der Waals surface area (Å²) in [6.07, 6.45) is -0.584. The van der Waals surface area contributed by atoms with E-state index in [1.165, 1.54) is 0 Å². The zero-order chi connectivity index (χ0) is 13.0. The van der Waals surface area contributed by atoms with Gasteiger partial charge in [-0.3, -0.25) is 5.32 Å². The lowest BCUT2D eigenvalue weighted by Gasteiger charge is -2.06. The highest BCUT2D eigenvalue weighted by Crippen LogP contribution is 2.18. The van der Waals surface area contributed by atoms with Gasteiger partial charge in [-0.25, -0.2) is 4.79 Å². The molecule has 2 rings (SSSR count). The molecule has 0 saturated heterocycles. The second-order valence-electron chi connectivity index (χ2n) is 3.48. The molecule has 0 saturated carbocycles. The molecule has 2 aromatic carbocycles. The lowest BCUT2D eigenvalue weighted by molar-refractivity contribution is 0.215. The van der Waals surface area contributed by atoms with Crippen molar-refractivity contribution in [3.63, 3.8) is 0 Å². The number of halogens is 2. The van der Waals surface area contributed by atoms with Gasteiger partial charge in [0.05, 0.1) is 0 Å². The van der Waals surface area contributed by atoms with Crippen LogP contribution in [-0.4, -0.2) is 6.09 Å². The lowest BCUT2D eigenvalue weighted by atomic mass is 10.3. The van der Waals surface area contributed by atoms with Gasteiger partial charge in [-0.05, 0) is 42.5 Å². The molecule has 2 aromatic rings. The number of hydrogen-bond acceptors (Lipinski definition) is 2. The van der Waals surface area contributed by atoms with E-state index in [-0.39, 0.29) is 0 Å². The summed E-state index contributed by atoms with van der Waals surface area (Å²) in [5.74, 6) is 0.416. The first-order valence-electron chi connectivity index (χ1n) is 5.13. The number of carbonyl (C=O) groups excluding carboxylic acids is 1. The fourth-order valence-electron chi connectivity index (χ4n) is 1.32. The molecule has 0 heterocycles. The van der Waals surface area contributed by atoms with E-state index in [4.69, 9.17) is 27.9 Å². The minimum atomic E-state index is -0.584. The number of nitrogens with one attached hydrogen (secondary N) is 1. The Morgan fingerprint density at radius 2 is 1.72 bits per heavy atom. The molecule has 0 aliphatic rings. The van der Waals surface area contributed by atoms with E-state index in [1.807, 2.05) is 0 Å². The van der Waals surface area contributed by atoms with Crippen LogP contribution in [0.3, 0.4) is 0 Å². The monoisotopic (exact) mass is 281 g/mol. The molecule has 5 heteroatoms. The van der Waals surface area contributed by atoms with E-state index >= 15 is 0 Å². The molecule has 18 heavy (non-hydrogen) atoms. The van der Waals surface area contributed by atoms with E-state index in [0.29, 0.717) is 21.5 Å². The summed E-state index contributed by atoms with van der Waals surface area (Å²) in [7, 11) is 0. The second-order valence-corrected chi connectivity index (χ2v) is 4.35. The number of amides is 1. The lowest BCUT2D eigenvalue weighted by Crippen LogP contribution is -2.16. The summed E-state index contributed by atoms with van der Waals surface area (Å²) < 4.78 is 5.06. The minimum Gasteiger partial charge on any atom is -0.410 e. The molecule has 1 amide bonds. The Labute approximate surface area is 114 Å². The molecule has 1 N–H and O–H groups in total. The summed E-state index contributed by atoms with van der Waals surface area (Å²) in [4.78, 5) is 11.6. The van der Waals surface area contributed by atoms with Crippen molar-refractivity contribution >= 4 is 35.0 Å². The van der Waals surface area contributed by atoms with Crippen molar-refractivity contribution in [3.8, 4) is 5.75 Å². The summed E-state index contributed by atoms with van der Waals surface area (Å²) >= 11 is 11.5. The molecule has 0 fully saturated rings. The van der Waals surface area contributed by atoms with Gasteiger partial charge in [0.2, 0.25) is 0 Å². The molecule has 92 valence electrons. The maximum Gasteiger partial charge on any atom is 0.417 e. The van der Waals surface area contributed by atoms with Gasteiger partial charge in [-0.2, -0.15) is 0 Å². The molecule has 0 spiro atoms. The van der Waals surface area contributed by atoms with Gasteiger partial charge in [0, 0.05) is 15.7 Å². The van der Waals surface area contributed by atoms with Crippen LogP contribution in [0.5, 0.6) is 5.75 Å². The standard InChI is InChI=1S/C13H9Cl2NO2/c14-9-4-6-12(7-5-9)18-13(17)16-11-3-1-2-10(15)8-11/h1-8H,(H,16,17). The van der Waals surface area contributed by atoms with Crippen LogP contribution in [0.4, 0.5) is 10.5 Å². The predicted molar refractivity (Wildman–Crippen MR) is 72.6 cm³/mol. The third kappa shape index (κ3) is 3.65. The van der Waals surface area contributed by atoms with Crippen LogP contribution in [0.15, 0.2) is 48.5 Å². The van der Waals surface area contributed by atoms with Gasteiger partial charge in [-0.1, -0.05) is 29.3 Å². The molecule has 0 radical (unpaired) electrons. The Morgan fingerprint density at radius 1 is 1.00 bits per heavy atom. The zero-order valence-corrected chi connectivity index (χ0v) is 10.7. The predicted octanol–water partition coefficient (Wildman–Crippen LogP) is 4.60. The average molecular weight is 282 g/mol. The molecular weight excluding hydrogens is 273 g/mol. The fourth-order valence-corrected chi connectivity index (χ4v) is 1.64. The minimum absolute atomic E-state index is 0.416. The Balaban J connectivity index is 1.98. The van der Waals surface area contributed by atoms with Gasteiger partial charge < -0.3 is 4.74 Å². The quantitative estimate of drug-likeness (QED) is 0.873. The summed E-state index contributed by atoms with van der Waals surface area (Å²) in [5.41, 5.74) is 0.571. The van der Waals surface area contributed by atoms with Crippen LogP contribution in [0.1, 0.15) is 0 Å². The van der Waals surface area contributed by atoms with Crippen LogP contribution in [-0.2, 0) is 0 Å². The number of anilines is 1. The maximum absolute atomic E-state index is 11.6. The largest absolute Gasteiger partial charge is 0.417 e. The number of ether oxygens (including phenoxy) is 1. The Bertz CT molecular complexity index is 555. The van der Waals surface area contributed by atoms with Crippen molar-refractivity contribution in [2.24, 2.45) is 0 Å². The number of benzene rings is 2. The van der Waals surface area contributed by atoms with E-state index < -0.39 is 6.09 Å². The van der Waals surface area contributed by atoms with E-state index in [0.717, 1.165) is 0 Å².